The topological polar surface area (TPSA) is 97.4 Å². The molecule has 122 valence electrons. The molecule has 2 aliphatic rings. The maximum Gasteiger partial charge on any atom is 0.265 e. The molecule has 2 atom stereocenters. The van der Waals surface area contributed by atoms with E-state index in [0.29, 0.717) is 6.04 Å². The minimum atomic E-state index is -3.63. The number of hydrogen-bond donors (Lipinski definition) is 2. The second-order valence-electron chi connectivity index (χ2n) is 6.15. The summed E-state index contributed by atoms with van der Waals surface area (Å²) in [6.07, 6.45) is 5.64. The molecule has 1 aromatic rings. The lowest BCUT2D eigenvalue weighted by Crippen LogP contribution is -2.46. The molecule has 0 spiro atoms. The summed E-state index contributed by atoms with van der Waals surface area (Å²) in [5.41, 5.74) is 5.43. The Bertz CT molecular complexity index is 682. The van der Waals surface area contributed by atoms with Gasteiger partial charge in [-0.25, -0.2) is 13.1 Å². The first-order valence-corrected chi connectivity index (χ1v) is 9.09. The highest BCUT2D eigenvalue weighted by Crippen LogP contribution is 2.28. The molecule has 2 aliphatic heterocycles. The second kappa shape index (κ2) is 5.68. The van der Waals surface area contributed by atoms with Crippen molar-refractivity contribution in [2.24, 2.45) is 12.8 Å². The van der Waals surface area contributed by atoms with Crippen molar-refractivity contribution in [1.29, 1.82) is 0 Å². The van der Waals surface area contributed by atoms with E-state index in [-0.39, 0.29) is 16.6 Å². The van der Waals surface area contributed by atoms with E-state index in [4.69, 9.17) is 5.73 Å². The summed E-state index contributed by atoms with van der Waals surface area (Å²) in [6, 6.07) is 1.57. The van der Waals surface area contributed by atoms with Crippen LogP contribution in [0, 0.1) is 0 Å². The van der Waals surface area contributed by atoms with E-state index < -0.39 is 15.9 Å². The summed E-state index contributed by atoms with van der Waals surface area (Å²) in [5, 5.41) is 0. The molecule has 0 unspecified atom stereocenters. The van der Waals surface area contributed by atoms with Gasteiger partial charge in [0.05, 0.1) is 0 Å². The van der Waals surface area contributed by atoms with E-state index in [9.17, 15) is 13.2 Å². The van der Waals surface area contributed by atoms with Crippen LogP contribution >= 0.6 is 0 Å². The van der Waals surface area contributed by atoms with Crippen LogP contribution in [-0.4, -0.2) is 49.0 Å². The Kier molecular flexibility index (Phi) is 4.00. The van der Waals surface area contributed by atoms with Gasteiger partial charge in [-0.1, -0.05) is 6.42 Å². The van der Waals surface area contributed by atoms with Crippen LogP contribution in [0.25, 0.3) is 0 Å². The first-order valence-electron chi connectivity index (χ1n) is 7.61. The molecule has 0 radical (unpaired) electrons. The average molecular weight is 326 g/mol. The zero-order valence-electron chi connectivity index (χ0n) is 12.7. The quantitative estimate of drug-likeness (QED) is 0.815. The van der Waals surface area contributed by atoms with Crippen LogP contribution < -0.4 is 10.5 Å². The van der Waals surface area contributed by atoms with Gasteiger partial charge >= 0.3 is 0 Å². The summed E-state index contributed by atoms with van der Waals surface area (Å²) < 4.78 is 29.4. The molecule has 22 heavy (non-hydrogen) atoms. The van der Waals surface area contributed by atoms with Crippen LogP contribution in [0.2, 0.25) is 0 Å². The molecule has 8 heteroatoms. The highest BCUT2D eigenvalue weighted by atomic mass is 32.2. The molecule has 2 fully saturated rings. The number of fused-ring (bicyclic) bond motifs is 1. The molecule has 1 aromatic heterocycles. The molecular weight excluding hydrogens is 304 g/mol. The number of nitrogens with two attached hydrogens (primary N) is 1. The summed E-state index contributed by atoms with van der Waals surface area (Å²) >= 11 is 0. The second-order valence-corrected chi connectivity index (χ2v) is 7.87. The van der Waals surface area contributed by atoms with E-state index in [2.05, 4.69) is 9.62 Å². The number of nitrogens with zero attached hydrogens (tertiary/aromatic N) is 2. The van der Waals surface area contributed by atoms with Gasteiger partial charge in [0, 0.05) is 31.9 Å². The Morgan fingerprint density at radius 1 is 1.32 bits per heavy atom. The molecule has 3 heterocycles. The van der Waals surface area contributed by atoms with E-state index in [1.165, 1.54) is 23.3 Å². The van der Waals surface area contributed by atoms with E-state index >= 15 is 0 Å². The Morgan fingerprint density at radius 3 is 2.77 bits per heavy atom. The first-order chi connectivity index (χ1) is 10.4. The lowest BCUT2D eigenvalue weighted by molar-refractivity contribution is 0.0992. The normalized spacial score (nSPS) is 26.0. The molecule has 3 rings (SSSR count). The number of aryl methyl sites for hydroxylation is 1. The van der Waals surface area contributed by atoms with Gasteiger partial charge in [-0.15, -0.1) is 0 Å². The highest BCUT2D eigenvalue weighted by Gasteiger charge is 2.38. The third kappa shape index (κ3) is 2.78. The lowest BCUT2D eigenvalue weighted by Gasteiger charge is -2.32. The van der Waals surface area contributed by atoms with Gasteiger partial charge < -0.3 is 10.3 Å². The number of carbonyl (C=O) groups excluding carboxylic acids is 1. The summed E-state index contributed by atoms with van der Waals surface area (Å²) in [4.78, 5) is 13.7. The first kappa shape index (κ1) is 15.5. The Balaban J connectivity index is 1.79. The number of nitrogens with one attached hydrogen (secondary N) is 1. The summed E-state index contributed by atoms with van der Waals surface area (Å²) in [7, 11) is -2.03. The number of carbonyl (C=O) groups is 1. The largest absolute Gasteiger partial charge is 0.364 e. The Morgan fingerprint density at radius 2 is 2.09 bits per heavy atom. The van der Waals surface area contributed by atoms with Gasteiger partial charge in [0.2, 0.25) is 10.0 Å². The van der Waals surface area contributed by atoms with Crippen molar-refractivity contribution < 1.29 is 13.2 Å². The number of amides is 1. The number of rotatable bonds is 4. The zero-order valence-corrected chi connectivity index (χ0v) is 13.5. The SMILES string of the molecule is Cn1cc(S(=O)(=O)N[C@@H]2CCN3CCCC[C@@H]23)cc1C(N)=O. The predicted octanol–water partition coefficient (Wildman–Crippen LogP) is 0.0291. The monoisotopic (exact) mass is 326 g/mol. The van der Waals surface area contributed by atoms with Crippen LogP contribution in [0.15, 0.2) is 17.2 Å². The summed E-state index contributed by atoms with van der Waals surface area (Å²) in [6.45, 7) is 2.00. The standard InChI is InChI=1S/C14H22N4O3S/c1-17-9-10(8-13(17)14(15)19)22(20,21)16-11-5-7-18-6-3-2-4-12(11)18/h8-9,11-12,16H,2-7H2,1H3,(H2,15,19)/t11-,12+/m1/s1. The molecule has 1 amide bonds. The van der Waals surface area contributed by atoms with Gasteiger partial charge in [0.1, 0.15) is 10.6 Å². The van der Waals surface area contributed by atoms with Crippen LogP contribution in [0.1, 0.15) is 36.2 Å². The van der Waals surface area contributed by atoms with Gasteiger partial charge in [-0.3, -0.25) is 9.69 Å². The van der Waals surface area contributed by atoms with Gasteiger partial charge in [-0.05, 0) is 31.9 Å². The molecule has 0 bridgehead atoms. The van der Waals surface area contributed by atoms with Gasteiger partial charge in [0.25, 0.3) is 5.91 Å². The number of sulfonamides is 1. The molecule has 3 N–H and O–H groups in total. The van der Waals surface area contributed by atoms with Crippen molar-refractivity contribution in [3.8, 4) is 0 Å². The van der Waals surface area contributed by atoms with Gasteiger partial charge in [-0.2, -0.15) is 0 Å². The molecular formula is C14H22N4O3S. The molecule has 0 aliphatic carbocycles. The lowest BCUT2D eigenvalue weighted by atomic mass is 10.00. The number of aromatic nitrogens is 1. The minimum absolute atomic E-state index is 0.0532. The molecule has 7 nitrogen and oxygen atoms in total. The average Bonchev–Trinajstić information content (AvgIpc) is 3.03. The van der Waals surface area contributed by atoms with Crippen LogP contribution in [0.4, 0.5) is 0 Å². The third-order valence-corrected chi connectivity index (χ3v) is 6.16. The fourth-order valence-electron chi connectivity index (χ4n) is 3.58. The van der Waals surface area contributed by atoms with Crippen LogP contribution in [0.5, 0.6) is 0 Å². The molecule has 0 aromatic carbocycles. The van der Waals surface area contributed by atoms with Crippen LogP contribution in [-0.2, 0) is 17.1 Å². The molecule has 2 saturated heterocycles. The fourth-order valence-corrected chi connectivity index (χ4v) is 4.95. The Labute approximate surface area is 130 Å². The van der Waals surface area contributed by atoms with Crippen molar-refractivity contribution in [2.75, 3.05) is 13.1 Å². The summed E-state index contributed by atoms with van der Waals surface area (Å²) in [5.74, 6) is -0.636. The fraction of sp³-hybridized carbons (Fsp3) is 0.643. The van der Waals surface area contributed by atoms with E-state index in [1.807, 2.05) is 0 Å². The van der Waals surface area contributed by atoms with Gasteiger partial charge in [0.15, 0.2) is 0 Å². The zero-order chi connectivity index (χ0) is 15.9. The van der Waals surface area contributed by atoms with Crippen molar-refractivity contribution in [2.45, 2.75) is 42.7 Å². The van der Waals surface area contributed by atoms with E-state index in [0.717, 1.165) is 32.4 Å². The minimum Gasteiger partial charge on any atom is -0.364 e. The number of hydrogen-bond acceptors (Lipinski definition) is 4. The van der Waals surface area contributed by atoms with Crippen molar-refractivity contribution in [1.82, 2.24) is 14.2 Å². The molecule has 0 saturated carbocycles. The van der Waals surface area contributed by atoms with Crippen molar-refractivity contribution >= 4 is 15.9 Å². The third-order valence-electron chi connectivity index (χ3n) is 4.71. The smallest absolute Gasteiger partial charge is 0.265 e. The number of primary amides is 1. The highest BCUT2D eigenvalue weighted by molar-refractivity contribution is 7.89. The number of piperidine rings is 1. The predicted molar refractivity (Wildman–Crippen MR) is 81.9 cm³/mol. The maximum absolute atomic E-state index is 12.6. The van der Waals surface area contributed by atoms with Crippen molar-refractivity contribution in [3.63, 3.8) is 0 Å². The maximum atomic E-state index is 12.6. The Hall–Kier alpha value is -1.38. The van der Waals surface area contributed by atoms with E-state index in [1.54, 1.807) is 7.05 Å². The van der Waals surface area contributed by atoms with Crippen molar-refractivity contribution in [3.05, 3.63) is 18.0 Å². The van der Waals surface area contributed by atoms with Crippen LogP contribution in [0.3, 0.4) is 0 Å².